The van der Waals surface area contributed by atoms with Crippen LogP contribution in [-0.2, 0) is 11.3 Å². The van der Waals surface area contributed by atoms with E-state index in [2.05, 4.69) is 35.5 Å². The summed E-state index contributed by atoms with van der Waals surface area (Å²) in [6.45, 7) is 3.05. The summed E-state index contributed by atoms with van der Waals surface area (Å²) in [6.07, 6.45) is 7.75. The molecule has 25 heavy (non-hydrogen) atoms. The van der Waals surface area contributed by atoms with Crippen LogP contribution in [0.25, 0.3) is 0 Å². The number of halogens is 1. The van der Waals surface area contributed by atoms with Crippen LogP contribution in [0.15, 0.2) is 24.3 Å². The number of thioether (sulfide) groups is 1. The molecule has 2 aliphatic rings. The van der Waals surface area contributed by atoms with E-state index in [0.717, 1.165) is 36.6 Å². The zero-order valence-electron chi connectivity index (χ0n) is 15.2. The van der Waals surface area contributed by atoms with Gasteiger partial charge in [0.05, 0.1) is 0 Å². The Balaban J connectivity index is 1.53. The Labute approximate surface area is 160 Å². The molecule has 1 amide bonds. The standard InChI is InChI=1S/C20H29ClN2OS/c1-14(9-10-25-2)20(24)22-17-11-18-7-8-19(12-17)23(18)13-15-3-5-16(21)6-4-15/h3-6,14,17-19H,7-13H2,1-2H3,(H,22,24)/t14-,17?,18-,19+/m0/s1. The fourth-order valence-electron chi connectivity index (χ4n) is 4.22. The summed E-state index contributed by atoms with van der Waals surface area (Å²) in [5.74, 6) is 1.42. The summed E-state index contributed by atoms with van der Waals surface area (Å²) in [5, 5.41) is 4.12. The lowest BCUT2D eigenvalue weighted by molar-refractivity contribution is -0.125. The minimum absolute atomic E-state index is 0.122. The summed E-state index contributed by atoms with van der Waals surface area (Å²) >= 11 is 7.80. The van der Waals surface area contributed by atoms with Gasteiger partial charge in [0.1, 0.15) is 0 Å². The fourth-order valence-corrected chi connectivity index (χ4v) is 4.94. The van der Waals surface area contributed by atoms with Crippen LogP contribution in [0.4, 0.5) is 0 Å². The van der Waals surface area contributed by atoms with E-state index in [1.165, 1.54) is 18.4 Å². The first-order chi connectivity index (χ1) is 12.1. The average Bonchev–Trinajstić information content (AvgIpc) is 2.83. The molecule has 2 heterocycles. The highest BCUT2D eigenvalue weighted by atomic mass is 35.5. The van der Waals surface area contributed by atoms with E-state index in [0.29, 0.717) is 18.1 Å². The maximum absolute atomic E-state index is 12.4. The van der Waals surface area contributed by atoms with Gasteiger partial charge in [-0.2, -0.15) is 11.8 Å². The van der Waals surface area contributed by atoms with Crippen molar-refractivity contribution in [3.05, 3.63) is 34.9 Å². The zero-order chi connectivity index (χ0) is 17.8. The normalized spacial score (nSPS) is 27.2. The van der Waals surface area contributed by atoms with Gasteiger partial charge in [0.15, 0.2) is 0 Å². The number of nitrogens with one attached hydrogen (secondary N) is 1. The fraction of sp³-hybridized carbons (Fsp3) is 0.650. The summed E-state index contributed by atoms with van der Waals surface area (Å²) in [6, 6.07) is 9.75. The van der Waals surface area contributed by atoms with Crippen molar-refractivity contribution < 1.29 is 4.79 Å². The van der Waals surface area contributed by atoms with Gasteiger partial charge in [0.2, 0.25) is 5.91 Å². The minimum atomic E-state index is 0.122. The third-order valence-corrected chi connectivity index (χ3v) is 6.61. The smallest absolute Gasteiger partial charge is 0.223 e. The number of carbonyl (C=O) groups excluding carboxylic acids is 1. The maximum atomic E-state index is 12.4. The van der Waals surface area contributed by atoms with Gasteiger partial charge in [0, 0.05) is 35.6 Å². The van der Waals surface area contributed by atoms with Gasteiger partial charge in [-0.15, -0.1) is 0 Å². The van der Waals surface area contributed by atoms with E-state index in [1.807, 2.05) is 23.9 Å². The summed E-state index contributed by atoms with van der Waals surface area (Å²) in [5.41, 5.74) is 1.33. The number of amides is 1. The molecule has 0 radical (unpaired) electrons. The van der Waals surface area contributed by atoms with E-state index in [1.54, 1.807) is 0 Å². The van der Waals surface area contributed by atoms with Gasteiger partial charge in [-0.3, -0.25) is 9.69 Å². The van der Waals surface area contributed by atoms with Crippen LogP contribution in [0.5, 0.6) is 0 Å². The van der Waals surface area contributed by atoms with E-state index < -0.39 is 0 Å². The van der Waals surface area contributed by atoms with Crippen LogP contribution < -0.4 is 5.32 Å². The lowest BCUT2D eigenvalue weighted by Crippen LogP contribution is -2.50. The molecule has 1 unspecified atom stereocenters. The van der Waals surface area contributed by atoms with Crippen LogP contribution in [0, 0.1) is 5.92 Å². The third-order valence-electron chi connectivity index (χ3n) is 5.71. The van der Waals surface area contributed by atoms with Crippen molar-refractivity contribution >= 4 is 29.3 Å². The second-order valence-electron chi connectivity index (χ2n) is 7.54. The van der Waals surface area contributed by atoms with Crippen molar-refractivity contribution in [2.24, 2.45) is 5.92 Å². The molecule has 1 aromatic rings. The van der Waals surface area contributed by atoms with E-state index in [-0.39, 0.29) is 11.8 Å². The Morgan fingerprint density at radius 2 is 1.92 bits per heavy atom. The second-order valence-corrected chi connectivity index (χ2v) is 8.97. The number of hydrogen-bond acceptors (Lipinski definition) is 3. The molecular weight excluding hydrogens is 352 g/mol. The maximum Gasteiger partial charge on any atom is 0.223 e. The SMILES string of the molecule is CSCC[C@H](C)C(=O)NC1C[C@H]2CC[C@@H](C1)N2Cc1ccc(Cl)cc1. The molecule has 0 spiro atoms. The Morgan fingerprint density at radius 1 is 1.28 bits per heavy atom. The number of fused-ring (bicyclic) bond motifs is 2. The Hall–Kier alpha value is -0.710. The van der Waals surface area contributed by atoms with Gasteiger partial charge < -0.3 is 5.32 Å². The lowest BCUT2D eigenvalue weighted by Gasteiger charge is -2.39. The van der Waals surface area contributed by atoms with Gasteiger partial charge >= 0.3 is 0 Å². The first-order valence-corrected chi connectivity index (χ1v) is 11.1. The van der Waals surface area contributed by atoms with Gasteiger partial charge in [-0.05, 0) is 61.8 Å². The number of hydrogen-bond donors (Lipinski definition) is 1. The van der Waals surface area contributed by atoms with Crippen LogP contribution in [0.1, 0.15) is 44.6 Å². The van der Waals surface area contributed by atoms with Crippen molar-refractivity contribution in [3.8, 4) is 0 Å². The van der Waals surface area contributed by atoms with Crippen molar-refractivity contribution in [3.63, 3.8) is 0 Å². The first-order valence-electron chi connectivity index (χ1n) is 9.36. The molecule has 138 valence electrons. The number of benzene rings is 1. The summed E-state index contributed by atoms with van der Waals surface area (Å²) in [7, 11) is 0. The highest BCUT2D eigenvalue weighted by Gasteiger charge is 2.41. The second kappa shape index (κ2) is 8.79. The predicted molar refractivity (Wildman–Crippen MR) is 107 cm³/mol. The molecule has 0 aromatic heterocycles. The first kappa shape index (κ1) is 19.1. The summed E-state index contributed by atoms with van der Waals surface area (Å²) < 4.78 is 0. The lowest BCUT2D eigenvalue weighted by atomic mass is 9.95. The largest absolute Gasteiger partial charge is 0.353 e. The quantitative estimate of drug-likeness (QED) is 0.763. The molecule has 3 rings (SSSR count). The van der Waals surface area contributed by atoms with Crippen LogP contribution in [0.2, 0.25) is 5.02 Å². The van der Waals surface area contributed by atoms with Crippen molar-refractivity contribution in [1.82, 2.24) is 10.2 Å². The molecule has 1 N–H and O–H groups in total. The number of rotatable bonds is 7. The minimum Gasteiger partial charge on any atom is -0.353 e. The Morgan fingerprint density at radius 3 is 2.52 bits per heavy atom. The van der Waals surface area contributed by atoms with Crippen molar-refractivity contribution in [2.75, 3.05) is 12.0 Å². The van der Waals surface area contributed by atoms with E-state index in [4.69, 9.17) is 11.6 Å². The van der Waals surface area contributed by atoms with Crippen LogP contribution in [0.3, 0.4) is 0 Å². The number of carbonyl (C=O) groups is 1. The predicted octanol–water partition coefficient (Wildman–Crippen LogP) is 4.34. The molecule has 2 bridgehead atoms. The molecule has 2 aliphatic heterocycles. The zero-order valence-corrected chi connectivity index (χ0v) is 16.8. The molecular formula is C20H29ClN2OS. The molecule has 2 fully saturated rings. The Kier molecular flexibility index (Phi) is 6.70. The molecule has 3 nitrogen and oxygen atoms in total. The average molecular weight is 381 g/mol. The highest BCUT2D eigenvalue weighted by molar-refractivity contribution is 7.98. The highest BCUT2D eigenvalue weighted by Crippen LogP contribution is 2.37. The number of piperidine rings is 1. The van der Waals surface area contributed by atoms with Crippen molar-refractivity contribution in [2.45, 2.75) is 63.7 Å². The van der Waals surface area contributed by atoms with Crippen molar-refractivity contribution in [1.29, 1.82) is 0 Å². The molecule has 1 aromatic carbocycles. The topological polar surface area (TPSA) is 32.3 Å². The molecule has 0 saturated carbocycles. The molecule has 4 atom stereocenters. The van der Waals surface area contributed by atoms with Gasteiger partial charge in [-0.1, -0.05) is 30.7 Å². The molecule has 0 aliphatic carbocycles. The third kappa shape index (κ3) is 4.93. The van der Waals surface area contributed by atoms with E-state index in [9.17, 15) is 4.79 Å². The van der Waals surface area contributed by atoms with Gasteiger partial charge in [0.25, 0.3) is 0 Å². The van der Waals surface area contributed by atoms with E-state index >= 15 is 0 Å². The number of nitrogens with zero attached hydrogens (tertiary/aromatic N) is 1. The molecule has 5 heteroatoms. The van der Waals surface area contributed by atoms with Crippen LogP contribution in [-0.4, -0.2) is 40.9 Å². The van der Waals surface area contributed by atoms with Gasteiger partial charge in [-0.25, -0.2) is 0 Å². The molecule has 2 saturated heterocycles. The summed E-state index contributed by atoms with van der Waals surface area (Å²) in [4.78, 5) is 15.1. The Bertz CT molecular complexity index is 566. The van der Waals surface area contributed by atoms with Crippen LogP contribution >= 0.6 is 23.4 Å². The monoisotopic (exact) mass is 380 g/mol.